The van der Waals surface area contributed by atoms with Gasteiger partial charge in [0.25, 0.3) is 0 Å². The van der Waals surface area contributed by atoms with Crippen LogP contribution in [-0.4, -0.2) is 36.3 Å². The van der Waals surface area contributed by atoms with Crippen molar-refractivity contribution in [1.82, 2.24) is 4.90 Å². The number of thioether (sulfide) groups is 1. The Balaban J connectivity index is 1.92. The molecule has 5 heteroatoms. The summed E-state index contributed by atoms with van der Waals surface area (Å²) in [6, 6.07) is 8.31. The summed E-state index contributed by atoms with van der Waals surface area (Å²) in [5, 5.41) is 1.12. The second-order valence-corrected chi connectivity index (χ2v) is 5.75. The summed E-state index contributed by atoms with van der Waals surface area (Å²) in [5.74, 6) is 0.915. The van der Waals surface area contributed by atoms with Gasteiger partial charge in [0.15, 0.2) is 5.17 Å². The number of benzene rings is 1. The molecule has 1 aromatic rings. The molecule has 2 aliphatic heterocycles. The third-order valence-electron chi connectivity index (χ3n) is 3.36. The van der Waals surface area contributed by atoms with Gasteiger partial charge in [-0.3, -0.25) is 4.99 Å². The van der Waals surface area contributed by atoms with Gasteiger partial charge in [0, 0.05) is 11.4 Å². The maximum Gasteiger partial charge on any atom is 0.168 e. The Labute approximate surface area is 123 Å². The van der Waals surface area contributed by atoms with E-state index in [1.165, 1.54) is 16.2 Å². The zero-order valence-corrected chi connectivity index (χ0v) is 12.4. The average Bonchev–Trinajstić information content (AvgIpc) is 3.01. The monoisotopic (exact) mass is 289 g/mol. The van der Waals surface area contributed by atoms with E-state index in [0.717, 1.165) is 30.4 Å². The summed E-state index contributed by atoms with van der Waals surface area (Å²) in [6.07, 6.45) is 0.905. The molecule has 0 radical (unpaired) electrons. The molecule has 2 aliphatic rings. The van der Waals surface area contributed by atoms with Crippen molar-refractivity contribution in [3.05, 3.63) is 34.7 Å². The maximum absolute atomic E-state index is 5.74. The lowest BCUT2D eigenvalue weighted by molar-refractivity contribution is 0.340. The molecule has 0 aromatic heterocycles. The van der Waals surface area contributed by atoms with Gasteiger partial charge in [-0.15, -0.1) is 0 Å². The molecule has 2 N–H and O–H groups in total. The number of ether oxygens (including phenoxy) is 1. The van der Waals surface area contributed by atoms with Gasteiger partial charge in [-0.25, -0.2) is 0 Å². The van der Waals surface area contributed by atoms with Gasteiger partial charge in [-0.2, -0.15) is 0 Å². The first kappa shape index (κ1) is 13.5. The second-order valence-electron chi connectivity index (χ2n) is 4.69. The third kappa shape index (κ3) is 2.43. The summed E-state index contributed by atoms with van der Waals surface area (Å²) in [7, 11) is 0. The van der Waals surface area contributed by atoms with Crippen LogP contribution in [0.5, 0.6) is 5.75 Å². The van der Waals surface area contributed by atoms with E-state index in [1.807, 2.05) is 19.1 Å². The van der Waals surface area contributed by atoms with E-state index in [2.05, 4.69) is 22.0 Å². The Kier molecular flexibility index (Phi) is 3.98. The van der Waals surface area contributed by atoms with Crippen LogP contribution < -0.4 is 10.5 Å². The van der Waals surface area contributed by atoms with E-state index in [-0.39, 0.29) is 0 Å². The number of hydrogen-bond acceptors (Lipinski definition) is 5. The van der Waals surface area contributed by atoms with Crippen molar-refractivity contribution in [3.63, 3.8) is 0 Å². The number of nitrogens with two attached hydrogens (primary N) is 1. The highest BCUT2D eigenvalue weighted by Gasteiger charge is 2.32. The predicted octanol–water partition coefficient (Wildman–Crippen LogP) is 2.52. The van der Waals surface area contributed by atoms with Crippen molar-refractivity contribution in [2.75, 3.05) is 26.2 Å². The third-order valence-corrected chi connectivity index (χ3v) is 4.54. The first-order chi connectivity index (χ1) is 9.83. The highest BCUT2D eigenvalue weighted by Crippen LogP contribution is 2.43. The summed E-state index contributed by atoms with van der Waals surface area (Å²) in [5.41, 5.74) is 8.23. The quantitative estimate of drug-likeness (QED) is 0.905. The van der Waals surface area contributed by atoms with Crippen LogP contribution in [0.2, 0.25) is 0 Å². The van der Waals surface area contributed by atoms with Crippen LogP contribution in [0, 0.1) is 0 Å². The van der Waals surface area contributed by atoms with Crippen LogP contribution in [0.4, 0.5) is 0 Å². The molecule has 0 saturated heterocycles. The Hall–Kier alpha value is -1.46. The molecule has 0 bridgehead atoms. The highest BCUT2D eigenvalue weighted by atomic mass is 32.2. The minimum atomic E-state index is 0.671. The Morgan fingerprint density at radius 1 is 1.35 bits per heavy atom. The van der Waals surface area contributed by atoms with Gasteiger partial charge in [-0.1, -0.05) is 11.8 Å². The molecule has 2 heterocycles. The maximum atomic E-state index is 5.74. The largest absolute Gasteiger partial charge is 0.494 e. The van der Waals surface area contributed by atoms with E-state index in [9.17, 15) is 0 Å². The molecule has 0 fully saturated rings. The molecule has 0 spiro atoms. The number of aliphatic imine (C=N–C) groups is 1. The molecule has 3 rings (SSSR count). The summed E-state index contributed by atoms with van der Waals surface area (Å²) < 4.78 is 5.51. The number of rotatable bonds is 5. The molecule has 1 aromatic carbocycles. The van der Waals surface area contributed by atoms with Crippen molar-refractivity contribution in [1.29, 1.82) is 0 Å². The van der Waals surface area contributed by atoms with Gasteiger partial charge >= 0.3 is 0 Å². The van der Waals surface area contributed by atoms with Gasteiger partial charge in [0.2, 0.25) is 0 Å². The molecule has 20 heavy (non-hydrogen) atoms. The zero-order chi connectivity index (χ0) is 13.9. The summed E-state index contributed by atoms with van der Waals surface area (Å²) in [4.78, 5) is 8.19. The molecule has 0 atom stereocenters. The van der Waals surface area contributed by atoms with E-state index in [0.29, 0.717) is 13.2 Å². The van der Waals surface area contributed by atoms with Crippen molar-refractivity contribution >= 4 is 22.6 Å². The van der Waals surface area contributed by atoms with Gasteiger partial charge < -0.3 is 15.4 Å². The number of hydrogen-bond donors (Lipinski definition) is 1. The molecule has 0 aliphatic carbocycles. The van der Waals surface area contributed by atoms with Gasteiger partial charge in [0.05, 0.1) is 18.8 Å². The zero-order valence-electron chi connectivity index (χ0n) is 11.6. The molecule has 0 unspecified atom stereocenters. The van der Waals surface area contributed by atoms with E-state index < -0.39 is 0 Å². The van der Waals surface area contributed by atoms with Crippen LogP contribution in [0.1, 0.15) is 18.9 Å². The molecule has 106 valence electrons. The van der Waals surface area contributed by atoms with Crippen molar-refractivity contribution in [2.24, 2.45) is 10.7 Å². The van der Waals surface area contributed by atoms with Crippen molar-refractivity contribution in [3.8, 4) is 5.75 Å². The number of amidine groups is 1. The number of fused-ring (bicyclic) bond motifs is 1. The fourth-order valence-electron chi connectivity index (χ4n) is 2.52. The molecular formula is C15H19N3OS. The first-order valence-corrected chi connectivity index (χ1v) is 7.81. The topological polar surface area (TPSA) is 50.9 Å². The van der Waals surface area contributed by atoms with Crippen LogP contribution in [-0.2, 0) is 0 Å². The van der Waals surface area contributed by atoms with Crippen LogP contribution in [0.25, 0.3) is 5.70 Å². The fourth-order valence-corrected chi connectivity index (χ4v) is 3.74. The summed E-state index contributed by atoms with van der Waals surface area (Å²) in [6.45, 7) is 5.22. The molecule has 0 amide bonds. The Morgan fingerprint density at radius 3 is 2.85 bits per heavy atom. The van der Waals surface area contributed by atoms with Crippen LogP contribution in [0.3, 0.4) is 0 Å². The lowest BCUT2D eigenvalue weighted by Crippen LogP contribution is -2.20. The minimum absolute atomic E-state index is 0.671. The van der Waals surface area contributed by atoms with Gasteiger partial charge in [-0.05, 0) is 49.7 Å². The molecule has 4 nitrogen and oxygen atoms in total. The first-order valence-electron chi connectivity index (χ1n) is 6.99. The Morgan fingerprint density at radius 2 is 2.15 bits per heavy atom. The van der Waals surface area contributed by atoms with Crippen LogP contribution in [0.15, 0.2) is 34.2 Å². The van der Waals surface area contributed by atoms with E-state index in [4.69, 9.17) is 10.5 Å². The number of nitrogens with zero attached hydrogens (tertiary/aromatic N) is 2. The normalized spacial score (nSPS) is 17.5. The second kappa shape index (κ2) is 5.89. The predicted molar refractivity (Wildman–Crippen MR) is 84.8 cm³/mol. The minimum Gasteiger partial charge on any atom is -0.494 e. The fraction of sp³-hybridized carbons (Fsp3) is 0.400. The molecule has 0 saturated carbocycles. The SMILES string of the molecule is CCOc1ccc(C2=C(CCN)SC3=NCCN32)cc1. The van der Waals surface area contributed by atoms with Crippen molar-refractivity contribution in [2.45, 2.75) is 13.3 Å². The van der Waals surface area contributed by atoms with Crippen LogP contribution >= 0.6 is 11.8 Å². The van der Waals surface area contributed by atoms with E-state index >= 15 is 0 Å². The van der Waals surface area contributed by atoms with Gasteiger partial charge in [0.1, 0.15) is 5.75 Å². The smallest absolute Gasteiger partial charge is 0.168 e. The van der Waals surface area contributed by atoms with Crippen molar-refractivity contribution < 1.29 is 4.74 Å². The summed E-state index contributed by atoms with van der Waals surface area (Å²) >= 11 is 1.77. The lowest BCUT2D eigenvalue weighted by atomic mass is 10.1. The standard InChI is InChI=1S/C15H19N3OS/c1-2-19-12-5-3-11(4-6-12)14-13(7-8-16)20-15-17-9-10-18(14)15/h3-6H,2,7-10,16H2,1H3. The lowest BCUT2D eigenvalue weighted by Gasteiger charge is -2.17. The Bertz CT molecular complexity index is 551. The molecular weight excluding hydrogens is 270 g/mol. The van der Waals surface area contributed by atoms with E-state index in [1.54, 1.807) is 11.8 Å². The average molecular weight is 289 g/mol. The highest BCUT2D eigenvalue weighted by molar-refractivity contribution is 8.17.